The normalized spacial score (nSPS) is 11.1. The van der Waals surface area contributed by atoms with Gasteiger partial charge in [0.05, 0.1) is 7.11 Å². The Morgan fingerprint density at radius 1 is 1.16 bits per heavy atom. The van der Waals surface area contributed by atoms with Crippen LogP contribution >= 0.6 is 22.9 Å². The molecule has 0 atom stereocenters. The van der Waals surface area contributed by atoms with Crippen LogP contribution in [0.25, 0.3) is 21.6 Å². The number of hydrogen-bond donors (Lipinski definition) is 0. The second-order valence-corrected chi connectivity index (χ2v) is 8.44. The maximum absolute atomic E-state index is 13.5. The number of fused-ring (bicyclic) bond motifs is 1. The molecule has 8 heteroatoms. The predicted octanol–water partition coefficient (Wildman–Crippen LogP) is 5.50. The molecule has 0 aliphatic heterocycles. The third-order valence-electron chi connectivity index (χ3n) is 5.14. The van der Waals surface area contributed by atoms with Crippen LogP contribution in [0.2, 0.25) is 5.02 Å². The Hall–Kier alpha value is -3.55. The number of rotatable bonds is 6. The lowest BCUT2D eigenvalue weighted by Crippen LogP contribution is -2.02. The molecule has 32 heavy (non-hydrogen) atoms. The molecule has 0 saturated heterocycles. The number of benzene rings is 2. The van der Waals surface area contributed by atoms with Gasteiger partial charge in [-0.1, -0.05) is 23.7 Å². The lowest BCUT2D eigenvalue weighted by atomic mass is 10.1. The zero-order valence-corrected chi connectivity index (χ0v) is 18.6. The van der Waals surface area contributed by atoms with Crippen molar-refractivity contribution >= 4 is 39.6 Å². The highest BCUT2D eigenvalue weighted by atomic mass is 35.5. The van der Waals surface area contributed by atoms with E-state index in [0.717, 1.165) is 16.5 Å². The number of ether oxygens (including phenoxy) is 1. The van der Waals surface area contributed by atoms with Crippen LogP contribution < -0.4 is 4.74 Å². The second kappa shape index (κ2) is 8.53. The number of carbonyl (C=O) groups is 1. The molecular formula is C24H17ClN4O2S. The van der Waals surface area contributed by atoms with Crippen LogP contribution in [0, 0.1) is 0 Å². The maximum atomic E-state index is 13.5. The van der Waals surface area contributed by atoms with Crippen LogP contribution in [0.1, 0.15) is 21.6 Å². The SMILES string of the molecule is COc1ccc2c(c1)c(C(=O)c1csc(-c3ccncn3)n1)cn2Cc1ccc(Cl)cc1. The molecule has 0 bridgehead atoms. The van der Waals surface area contributed by atoms with Gasteiger partial charge in [-0.2, -0.15) is 0 Å². The fourth-order valence-electron chi connectivity index (χ4n) is 3.55. The largest absolute Gasteiger partial charge is 0.497 e. The van der Waals surface area contributed by atoms with Crippen LogP contribution in [0.5, 0.6) is 5.75 Å². The lowest BCUT2D eigenvalue weighted by Gasteiger charge is -2.06. The van der Waals surface area contributed by atoms with Crippen molar-refractivity contribution in [1.29, 1.82) is 0 Å². The monoisotopic (exact) mass is 460 g/mol. The minimum absolute atomic E-state index is 0.144. The van der Waals surface area contributed by atoms with E-state index in [2.05, 4.69) is 19.5 Å². The van der Waals surface area contributed by atoms with E-state index in [1.807, 2.05) is 48.7 Å². The Morgan fingerprint density at radius 3 is 2.75 bits per heavy atom. The molecule has 0 amide bonds. The minimum Gasteiger partial charge on any atom is -0.497 e. The van der Waals surface area contributed by atoms with Crippen molar-refractivity contribution in [2.24, 2.45) is 0 Å². The summed E-state index contributed by atoms with van der Waals surface area (Å²) in [5.74, 6) is 0.547. The number of carbonyl (C=O) groups excluding carboxylic acids is 1. The van der Waals surface area contributed by atoms with Gasteiger partial charge in [-0.15, -0.1) is 11.3 Å². The van der Waals surface area contributed by atoms with Gasteiger partial charge in [-0.25, -0.2) is 15.0 Å². The van der Waals surface area contributed by atoms with Gasteiger partial charge < -0.3 is 9.30 Å². The summed E-state index contributed by atoms with van der Waals surface area (Å²) in [6.45, 7) is 0.608. The van der Waals surface area contributed by atoms with Crippen LogP contribution in [0.15, 0.2) is 72.6 Å². The molecule has 0 aliphatic carbocycles. The molecule has 6 nitrogen and oxygen atoms in total. The molecule has 5 aromatic rings. The fraction of sp³-hybridized carbons (Fsp3) is 0.0833. The third kappa shape index (κ3) is 3.88. The standard InChI is InChI=1S/C24H17ClN4O2S/c1-31-17-6-7-22-18(10-17)19(12-29(22)11-15-2-4-16(25)5-3-15)23(30)21-13-32-24(28-21)20-8-9-26-14-27-20/h2-10,12-14H,11H2,1H3. The van der Waals surface area contributed by atoms with E-state index >= 15 is 0 Å². The highest BCUT2D eigenvalue weighted by Crippen LogP contribution is 2.30. The molecule has 0 radical (unpaired) electrons. The molecule has 2 aromatic carbocycles. The Labute approximate surface area is 193 Å². The van der Waals surface area contributed by atoms with Crippen molar-refractivity contribution in [3.63, 3.8) is 0 Å². The Bertz CT molecular complexity index is 1410. The van der Waals surface area contributed by atoms with E-state index in [1.54, 1.807) is 24.8 Å². The molecule has 5 rings (SSSR count). The van der Waals surface area contributed by atoms with Crippen molar-refractivity contribution in [2.75, 3.05) is 7.11 Å². The zero-order chi connectivity index (χ0) is 22.1. The van der Waals surface area contributed by atoms with Gasteiger partial charge >= 0.3 is 0 Å². The fourth-order valence-corrected chi connectivity index (χ4v) is 4.45. The number of thiazole rings is 1. The number of aromatic nitrogens is 4. The van der Waals surface area contributed by atoms with Crippen LogP contribution in [0.4, 0.5) is 0 Å². The van der Waals surface area contributed by atoms with Crippen molar-refractivity contribution in [2.45, 2.75) is 6.54 Å². The predicted molar refractivity (Wildman–Crippen MR) is 126 cm³/mol. The number of halogens is 1. The number of hydrogen-bond acceptors (Lipinski definition) is 6. The quantitative estimate of drug-likeness (QED) is 0.313. The zero-order valence-electron chi connectivity index (χ0n) is 17.0. The topological polar surface area (TPSA) is 69.9 Å². The molecule has 0 N–H and O–H groups in total. The van der Waals surface area contributed by atoms with E-state index in [-0.39, 0.29) is 5.78 Å². The second-order valence-electron chi connectivity index (χ2n) is 7.14. The van der Waals surface area contributed by atoms with Gasteiger partial charge in [0.15, 0.2) is 0 Å². The van der Waals surface area contributed by atoms with Gasteiger partial charge in [0.2, 0.25) is 5.78 Å². The average Bonchev–Trinajstić information content (AvgIpc) is 3.46. The Kier molecular flexibility index (Phi) is 5.43. The van der Waals surface area contributed by atoms with E-state index in [4.69, 9.17) is 16.3 Å². The summed E-state index contributed by atoms with van der Waals surface area (Å²) >= 11 is 7.41. The van der Waals surface area contributed by atoms with Crippen molar-refractivity contribution in [3.05, 3.63) is 94.5 Å². The third-order valence-corrected chi connectivity index (χ3v) is 6.25. The summed E-state index contributed by atoms with van der Waals surface area (Å²) in [6, 6.07) is 15.2. The molecule has 0 aliphatic rings. The Morgan fingerprint density at radius 2 is 2.00 bits per heavy atom. The van der Waals surface area contributed by atoms with Gasteiger partial charge in [-0.05, 0) is 42.0 Å². The van der Waals surface area contributed by atoms with E-state index in [0.29, 0.717) is 39.3 Å². The van der Waals surface area contributed by atoms with Gasteiger partial charge in [0, 0.05) is 45.8 Å². The van der Waals surface area contributed by atoms with Crippen LogP contribution in [0.3, 0.4) is 0 Å². The molecule has 0 fully saturated rings. The molecule has 3 heterocycles. The first kappa shape index (κ1) is 20.4. The first-order chi connectivity index (χ1) is 15.6. The first-order valence-corrected chi connectivity index (χ1v) is 11.1. The molecular weight excluding hydrogens is 444 g/mol. The maximum Gasteiger partial charge on any atom is 0.214 e. The molecule has 0 spiro atoms. The summed E-state index contributed by atoms with van der Waals surface area (Å²) in [4.78, 5) is 26.1. The summed E-state index contributed by atoms with van der Waals surface area (Å²) < 4.78 is 7.46. The molecule has 0 saturated carbocycles. The number of methoxy groups -OCH3 is 1. The van der Waals surface area contributed by atoms with Crippen LogP contribution in [-0.4, -0.2) is 32.4 Å². The molecule has 3 aromatic heterocycles. The minimum atomic E-state index is -0.144. The van der Waals surface area contributed by atoms with Gasteiger partial charge in [-0.3, -0.25) is 4.79 Å². The number of ketones is 1. The van der Waals surface area contributed by atoms with Gasteiger partial charge in [0.1, 0.15) is 28.5 Å². The lowest BCUT2D eigenvalue weighted by molar-refractivity contribution is 0.103. The molecule has 158 valence electrons. The smallest absolute Gasteiger partial charge is 0.214 e. The van der Waals surface area contributed by atoms with Gasteiger partial charge in [0.25, 0.3) is 0 Å². The molecule has 0 unspecified atom stereocenters. The van der Waals surface area contributed by atoms with E-state index < -0.39 is 0 Å². The highest BCUT2D eigenvalue weighted by Gasteiger charge is 2.20. The summed E-state index contributed by atoms with van der Waals surface area (Å²) in [7, 11) is 1.61. The van der Waals surface area contributed by atoms with Crippen molar-refractivity contribution in [3.8, 4) is 16.5 Å². The van der Waals surface area contributed by atoms with E-state index in [9.17, 15) is 4.79 Å². The summed E-state index contributed by atoms with van der Waals surface area (Å²) in [5, 5.41) is 3.95. The summed E-state index contributed by atoms with van der Waals surface area (Å²) in [6.07, 6.45) is 5.00. The van der Waals surface area contributed by atoms with Crippen molar-refractivity contribution < 1.29 is 9.53 Å². The Balaban J connectivity index is 1.56. The van der Waals surface area contributed by atoms with Crippen LogP contribution in [-0.2, 0) is 6.54 Å². The van der Waals surface area contributed by atoms with Crippen molar-refractivity contribution in [1.82, 2.24) is 19.5 Å². The first-order valence-electron chi connectivity index (χ1n) is 9.80. The number of nitrogens with zero attached hydrogens (tertiary/aromatic N) is 4. The summed E-state index contributed by atoms with van der Waals surface area (Å²) in [5.41, 5.74) is 3.68. The highest BCUT2D eigenvalue weighted by molar-refractivity contribution is 7.13. The average molecular weight is 461 g/mol. The van der Waals surface area contributed by atoms with E-state index in [1.165, 1.54) is 17.7 Å².